The molecule has 3 rings (SSSR count). The second kappa shape index (κ2) is 10.5. The third-order valence-electron chi connectivity index (χ3n) is 4.65. The monoisotopic (exact) mass is 446 g/mol. The Morgan fingerprint density at radius 2 is 2.06 bits per heavy atom. The van der Waals surface area contributed by atoms with Gasteiger partial charge in [-0.05, 0) is 61.1 Å². The molecular formula is C20H19N6NaO3S. The molecule has 1 aromatic heterocycles. The molecule has 0 bridgehead atoms. The van der Waals surface area contributed by atoms with E-state index in [1.807, 2.05) is 0 Å². The van der Waals surface area contributed by atoms with Crippen molar-refractivity contribution in [3.05, 3.63) is 64.9 Å². The van der Waals surface area contributed by atoms with Crippen LogP contribution in [0.1, 0.15) is 22.8 Å². The fourth-order valence-electron chi connectivity index (χ4n) is 2.84. The van der Waals surface area contributed by atoms with E-state index in [-0.39, 0.29) is 40.2 Å². The fourth-order valence-corrected chi connectivity index (χ4v) is 3.03. The number of carboxylic acids is 1. The molecule has 2 aromatic carbocycles. The van der Waals surface area contributed by atoms with Gasteiger partial charge < -0.3 is 20.1 Å². The molecule has 1 unspecified atom stereocenters. The standard InChI is InChI=1S/C20H20N6O3S.Na/c1-4-13-10-14(8-9-17(13)25(3)12(2)19(28)29)18(27)21-15-6-5-7-16(11-15)26-20(30)22-23-24-26;/h4-12H,1H2,2-3H3,(H,21,27)(H,28,29)(H,22,24,30);/q;+1/p-1. The predicted molar refractivity (Wildman–Crippen MR) is 114 cm³/mol. The first-order chi connectivity index (χ1) is 14.3. The first-order valence-corrected chi connectivity index (χ1v) is 9.34. The average Bonchev–Trinajstić information content (AvgIpc) is 3.18. The van der Waals surface area contributed by atoms with E-state index in [0.717, 1.165) is 0 Å². The Bertz CT molecular complexity index is 1180. The van der Waals surface area contributed by atoms with Crippen molar-refractivity contribution in [2.24, 2.45) is 0 Å². The molecule has 154 valence electrons. The van der Waals surface area contributed by atoms with Crippen LogP contribution in [-0.2, 0) is 4.79 Å². The molecule has 0 aliphatic rings. The number of aromatic nitrogens is 4. The number of anilines is 2. The van der Waals surface area contributed by atoms with Crippen molar-refractivity contribution in [2.45, 2.75) is 13.0 Å². The van der Waals surface area contributed by atoms with Crippen molar-refractivity contribution in [3.8, 4) is 5.69 Å². The Kier molecular flexibility index (Phi) is 8.28. The normalized spacial score (nSPS) is 11.2. The van der Waals surface area contributed by atoms with Crippen molar-refractivity contribution in [2.75, 3.05) is 17.3 Å². The van der Waals surface area contributed by atoms with Gasteiger partial charge in [0.05, 0.1) is 17.7 Å². The van der Waals surface area contributed by atoms with Crippen molar-refractivity contribution in [1.29, 1.82) is 0 Å². The van der Waals surface area contributed by atoms with Crippen LogP contribution in [0.4, 0.5) is 11.4 Å². The second-order valence-corrected chi connectivity index (χ2v) is 6.87. The zero-order valence-electron chi connectivity index (χ0n) is 17.3. The summed E-state index contributed by atoms with van der Waals surface area (Å²) in [7, 11) is 1.64. The van der Waals surface area contributed by atoms with Gasteiger partial charge in [-0.25, -0.2) is 4.68 Å². The van der Waals surface area contributed by atoms with Gasteiger partial charge in [0.15, 0.2) is 0 Å². The minimum atomic E-state index is -1.19. The summed E-state index contributed by atoms with van der Waals surface area (Å²) in [5.41, 5.74) is 2.88. The molecule has 0 aliphatic heterocycles. The molecule has 0 aliphatic carbocycles. The fraction of sp³-hybridized carbons (Fsp3) is 0.150. The summed E-state index contributed by atoms with van der Waals surface area (Å²) in [6.07, 6.45) is 1.57. The molecule has 2 N–H and O–H groups in total. The third kappa shape index (κ3) is 5.47. The minimum Gasteiger partial charge on any atom is -0.548 e. The Labute approximate surface area is 206 Å². The van der Waals surface area contributed by atoms with E-state index in [9.17, 15) is 14.7 Å². The number of nitrogens with one attached hydrogen (secondary N) is 2. The number of benzene rings is 2. The van der Waals surface area contributed by atoms with E-state index >= 15 is 0 Å². The van der Waals surface area contributed by atoms with E-state index in [0.29, 0.717) is 28.2 Å². The molecule has 31 heavy (non-hydrogen) atoms. The van der Waals surface area contributed by atoms with Gasteiger partial charge >= 0.3 is 29.6 Å². The molecule has 0 saturated heterocycles. The summed E-state index contributed by atoms with van der Waals surface area (Å²) in [4.78, 5) is 25.5. The van der Waals surface area contributed by atoms with Crippen LogP contribution in [0.2, 0.25) is 0 Å². The molecular weight excluding hydrogens is 427 g/mol. The maximum absolute atomic E-state index is 12.7. The summed E-state index contributed by atoms with van der Waals surface area (Å²) in [5.74, 6) is -1.52. The van der Waals surface area contributed by atoms with Crippen LogP contribution in [0.25, 0.3) is 11.8 Å². The molecule has 1 amide bonds. The molecule has 0 fully saturated rings. The van der Waals surface area contributed by atoms with Crippen molar-refractivity contribution in [1.82, 2.24) is 20.2 Å². The average molecular weight is 446 g/mol. The maximum atomic E-state index is 12.7. The molecule has 3 aromatic rings. The summed E-state index contributed by atoms with van der Waals surface area (Å²) >= 11 is 5.09. The van der Waals surface area contributed by atoms with E-state index in [4.69, 9.17) is 12.2 Å². The molecule has 0 saturated carbocycles. The number of rotatable bonds is 7. The van der Waals surface area contributed by atoms with Crippen LogP contribution < -0.4 is 44.9 Å². The van der Waals surface area contributed by atoms with Crippen molar-refractivity contribution < 1.29 is 44.3 Å². The van der Waals surface area contributed by atoms with Crippen LogP contribution >= 0.6 is 12.2 Å². The van der Waals surface area contributed by atoms with E-state index in [1.54, 1.807) is 60.5 Å². The van der Waals surface area contributed by atoms with Gasteiger partial charge in [-0.1, -0.05) is 29.0 Å². The second-order valence-electron chi connectivity index (χ2n) is 6.51. The van der Waals surface area contributed by atoms with Gasteiger partial charge in [0.2, 0.25) is 4.77 Å². The number of hydrogen-bond acceptors (Lipinski definition) is 7. The number of aliphatic carboxylic acids is 1. The van der Waals surface area contributed by atoms with Gasteiger partial charge in [0.25, 0.3) is 5.91 Å². The number of nitrogens with zero attached hydrogens (tertiary/aromatic N) is 4. The zero-order valence-corrected chi connectivity index (χ0v) is 20.1. The van der Waals surface area contributed by atoms with Crippen LogP contribution in [0.15, 0.2) is 49.0 Å². The van der Waals surface area contributed by atoms with E-state index < -0.39 is 12.0 Å². The number of H-pyrrole nitrogens is 1. The van der Waals surface area contributed by atoms with E-state index in [2.05, 4.69) is 27.4 Å². The number of tetrazole rings is 1. The topological polar surface area (TPSA) is 119 Å². The Hall–Kier alpha value is -2.79. The van der Waals surface area contributed by atoms with E-state index in [1.165, 1.54) is 11.6 Å². The Morgan fingerprint density at radius 1 is 1.32 bits per heavy atom. The quantitative estimate of drug-likeness (QED) is 0.346. The number of aromatic amines is 1. The first kappa shape index (κ1) is 24.5. The number of carboxylic acid groups (broad SMARTS) is 1. The molecule has 0 spiro atoms. The van der Waals surface area contributed by atoms with Crippen LogP contribution in [-0.4, -0.2) is 45.2 Å². The minimum absolute atomic E-state index is 0. The van der Waals surface area contributed by atoms with Crippen molar-refractivity contribution >= 4 is 41.5 Å². The predicted octanol–water partition coefficient (Wildman–Crippen LogP) is -1.20. The Morgan fingerprint density at radius 3 is 2.68 bits per heavy atom. The summed E-state index contributed by atoms with van der Waals surface area (Å²) in [5, 5.41) is 24.0. The number of amides is 1. The first-order valence-electron chi connectivity index (χ1n) is 8.94. The van der Waals surface area contributed by atoms with Gasteiger partial charge in [-0.3, -0.25) is 4.79 Å². The number of hydrogen-bond donors (Lipinski definition) is 2. The van der Waals surface area contributed by atoms with Crippen LogP contribution in [0.5, 0.6) is 0 Å². The van der Waals surface area contributed by atoms with Gasteiger partial charge in [0, 0.05) is 24.0 Å². The third-order valence-corrected chi connectivity index (χ3v) is 4.91. The molecule has 1 heterocycles. The molecule has 9 nitrogen and oxygen atoms in total. The molecule has 0 radical (unpaired) electrons. The summed E-state index contributed by atoms with van der Waals surface area (Å²) in [6.45, 7) is 5.29. The van der Waals surface area contributed by atoms with Gasteiger partial charge in [-0.15, -0.1) is 0 Å². The summed E-state index contributed by atoms with van der Waals surface area (Å²) < 4.78 is 1.77. The SMILES string of the molecule is C=Cc1cc(C(=O)Nc2cccc(-n3[nH]nnc3=S)c2)ccc1N(C)C(C)C(=O)[O-].[Na+]. The van der Waals surface area contributed by atoms with Crippen molar-refractivity contribution in [3.63, 3.8) is 0 Å². The number of likely N-dealkylation sites (N-methyl/N-ethyl adjacent to an activating group) is 1. The summed E-state index contributed by atoms with van der Waals surface area (Å²) in [6, 6.07) is 11.1. The maximum Gasteiger partial charge on any atom is 1.00 e. The zero-order chi connectivity index (χ0) is 21.8. The largest absolute Gasteiger partial charge is 1.00 e. The number of carbonyl (C=O) groups excluding carboxylic acids is 2. The smallest absolute Gasteiger partial charge is 0.548 e. The van der Waals surface area contributed by atoms with Gasteiger partial charge in [0.1, 0.15) is 0 Å². The molecule has 11 heteroatoms. The number of carbonyl (C=O) groups is 2. The van der Waals surface area contributed by atoms with Crippen LogP contribution in [0, 0.1) is 4.77 Å². The Balaban J connectivity index is 0.00000341. The van der Waals surface area contributed by atoms with Gasteiger partial charge in [-0.2, -0.15) is 5.21 Å². The van der Waals surface area contributed by atoms with Crippen LogP contribution in [0.3, 0.4) is 0 Å². The molecule has 1 atom stereocenters.